The lowest BCUT2D eigenvalue weighted by Crippen LogP contribution is -2.39. The van der Waals surface area contributed by atoms with Crippen LogP contribution in [0.4, 0.5) is 5.69 Å². The molecule has 0 bridgehead atoms. The molecule has 0 radical (unpaired) electrons. The Hall–Kier alpha value is -1.85. The van der Waals surface area contributed by atoms with E-state index in [1.807, 2.05) is 19.1 Å². The van der Waals surface area contributed by atoms with Crippen LogP contribution in [0.15, 0.2) is 40.9 Å². The van der Waals surface area contributed by atoms with Gasteiger partial charge in [-0.2, -0.15) is 0 Å². The molecule has 1 heterocycles. The third-order valence-electron chi connectivity index (χ3n) is 4.69. The molecule has 5 heteroatoms. The molecule has 0 fully saturated rings. The summed E-state index contributed by atoms with van der Waals surface area (Å²) in [5.74, 6) is 0.611. The maximum atomic E-state index is 12.6. The Kier molecular flexibility index (Phi) is 5.39. The number of anilines is 1. The molecule has 138 valence electrons. The van der Waals surface area contributed by atoms with Gasteiger partial charge in [0.1, 0.15) is 5.75 Å². The topological polar surface area (TPSA) is 41.6 Å². The van der Waals surface area contributed by atoms with E-state index in [0.29, 0.717) is 12.2 Å². The summed E-state index contributed by atoms with van der Waals surface area (Å²) in [6, 6.07) is 11.6. The monoisotopic (exact) mass is 416 g/mol. The predicted molar refractivity (Wildman–Crippen MR) is 109 cm³/mol. The standard InChI is InChI=1S/C21H25BrN2O2/c1-5-26-19-9-6-14(11-18(19)22)20(25)23-16-7-8-17-15(10-16)12-24(4)13-21(17,2)3/h6-11H,5,12-13H2,1-4H3,(H,23,25). The maximum absolute atomic E-state index is 12.6. The van der Waals surface area contributed by atoms with E-state index in [9.17, 15) is 4.79 Å². The van der Waals surface area contributed by atoms with Gasteiger partial charge in [-0.15, -0.1) is 0 Å². The molecule has 0 atom stereocenters. The molecule has 0 aliphatic carbocycles. The van der Waals surface area contributed by atoms with Crippen molar-refractivity contribution < 1.29 is 9.53 Å². The molecule has 26 heavy (non-hydrogen) atoms. The van der Waals surface area contributed by atoms with Gasteiger partial charge in [-0.1, -0.05) is 19.9 Å². The summed E-state index contributed by atoms with van der Waals surface area (Å²) in [6.07, 6.45) is 0. The number of benzene rings is 2. The Labute approximate surface area is 163 Å². The first kappa shape index (κ1) is 18.9. The fraction of sp³-hybridized carbons (Fsp3) is 0.381. The minimum Gasteiger partial charge on any atom is -0.493 e. The van der Waals surface area contributed by atoms with Gasteiger partial charge < -0.3 is 15.0 Å². The summed E-state index contributed by atoms with van der Waals surface area (Å²) >= 11 is 3.46. The normalized spacial score (nSPS) is 16.0. The average molecular weight is 417 g/mol. The van der Waals surface area contributed by atoms with Crippen LogP contribution in [-0.4, -0.2) is 31.0 Å². The third-order valence-corrected chi connectivity index (χ3v) is 5.31. The van der Waals surface area contributed by atoms with Crippen molar-refractivity contribution in [3.8, 4) is 5.75 Å². The van der Waals surface area contributed by atoms with Gasteiger partial charge in [-0.25, -0.2) is 0 Å². The molecule has 0 spiro atoms. The van der Waals surface area contributed by atoms with Crippen molar-refractivity contribution in [2.45, 2.75) is 32.7 Å². The number of nitrogens with zero attached hydrogens (tertiary/aromatic N) is 1. The molecule has 0 aromatic heterocycles. The highest BCUT2D eigenvalue weighted by Gasteiger charge is 2.30. The van der Waals surface area contributed by atoms with Gasteiger partial charge >= 0.3 is 0 Å². The molecule has 1 aliphatic heterocycles. The Balaban J connectivity index is 1.80. The lowest BCUT2D eigenvalue weighted by molar-refractivity contribution is 0.102. The van der Waals surface area contributed by atoms with Crippen molar-refractivity contribution in [3.63, 3.8) is 0 Å². The molecular weight excluding hydrogens is 392 g/mol. The Morgan fingerprint density at radius 2 is 2.04 bits per heavy atom. The van der Waals surface area contributed by atoms with E-state index in [4.69, 9.17) is 4.74 Å². The van der Waals surface area contributed by atoms with Crippen LogP contribution >= 0.6 is 15.9 Å². The summed E-state index contributed by atoms with van der Waals surface area (Å²) in [5, 5.41) is 3.01. The zero-order valence-corrected chi connectivity index (χ0v) is 17.3. The van der Waals surface area contributed by atoms with Crippen LogP contribution in [0.5, 0.6) is 5.75 Å². The number of fused-ring (bicyclic) bond motifs is 1. The summed E-state index contributed by atoms with van der Waals surface area (Å²) in [6.45, 7) is 8.98. The van der Waals surface area contributed by atoms with Crippen LogP contribution in [-0.2, 0) is 12.0 Å². The molecule has 2 aromatic carbocycles. The van der Waals surface area contributed by atoms with Crippen molar-refractivity contribution >= 4 is 27.5 Å². The van der Waals surface area contributed by atoms with Gasteiger partial charge in [0.25, 0.3) is 5.91 Å². The number of amides is 1. The van der Waals surface area contributed by atoms with Gasteiger partial charge in [0.05, 0.1) is 11.1 Å². The van der Waals surface area contributed by atoms with Crippen LogP contribution in [0.25, 0.3) is 0 Å². The Morgan fingerprint density at radius 1 is 1.27 bits per heavy atom. The minimum atomic E-state index is -0.128. The number of ether oxygens (including phenoxy) is 1. The van der Waals surface area contributed by atoms with E-state index in [-0.39, 0.29) is 11.3 Å². The number of likely N-dealkylation sites (N-methyl/N-ethyl adjacent to an activating group) is 1. The SMILES string of the molecule is CCOc1ccc(C(=O)Nc2ccc3c(c2)CN(C)CC3(C)C)cc1Br. The predicted octanol–water partition coefficient (Wildman–Crippen LogP) is 4.82. The smallest absolute Gasteiger partial charge is 0.255 e. The van der Waals surface area contributed by atoms with Crippen LogP contribution in [0.1, 0.15) is 42.3 Å². The molecule has 2 aromatic rings. The fourth-order valence-electron chi connectivity index (χ4n) is 3.69. The van der Waals surface area contributed by atoms with Crippen LogP contribution in [0.2, 0.25) is 0 Å². The van der Waals surface area contributed by atoms with Gasteiger partial charge in [0.2, 0.25) is 0 Å². The van der Waals surface area contributed by atoms with Crippen molar-refractivity contribution in [3.05, 3.63) is 57.6 Å². The zero-order chi connectivity index (χ0) is 18.9. The van der Waals surface area contributed by atoms with Crippen LogP contribution in [0, 0.1) is 0 Å². The fourth-order valence-corrected chi connectivity index (χ4v) is 4.18. The number of halogens is 1. The minimum absolute atomic E-state index is 0.116. The number of nitrogens with one attached hydrogen (secondary N) is 1. The highest BCUT2D eigenvalue weighted by molar-refractivity contribution is 9.10. The number of rotatable bonds is 4. The second-order valence-electron chi connectivity index (χ2n) is 7.46. The molecule has 1 aliphatic rings. The molecule has 4 nitrogen and oxygen atoms in total. The van der Waals surface area contributed by atoms with Gasteiger partial charge in [-0.05, 0) is 71.4 Å². The molecule has 3 rings (SSSR count). The van der Waals surface area contributed by atoms with Gasteiger partial charge in [-0.3, -0.25) is 4.79 Å². The second-order valence-corrected chi connectivity index (χ2v) is 8.31. The maximum Gasteiger partial charge on any atom is 0.255 e. The number of hydrogen-bond donors (Lipinski definition) is 1. The van der Waals surface area contributed by atoms with E-state index in [1.54, 1.807) is 12.1 Å². The van der Waals surface area contributed by atoms with Crippen LogP contribution < -0.4 is 10.1 Å². The largest absolute Gasteiger partial charge is 0.493 e. The zero-order valence-electron chi connectivity index (χ0n) is 15.7. The van der Waals surface area contributed by atoms with E-state index < -0.39 is 0 Å². The summed E-state index contributed by atoms with van der Waals surface area (Å²) < 4.78 is 6.28. The van der Waals surface area contributed by atoms with Crippen LogP contribution in [0.3, 0.4) is 0 Å². The lowest BCUT2D eigenvalue weighted by atomic mass is 9.78. The molecule has 1 amide bonds. The van der Waals surface area contributed by atoms with Gasteiger partial charge in [0.15, 0.2) is 0 Å². The van der Waals surface area contributed by atoms with Crippen molar-refractivity contribution in [1.82, 2.24) is 4.90 Å². The highest BCUT2D eigenvalue weighted by atomic mass is 79.9. The van der Waals surface area contributed by atoms with Crippen molar-refractivity contribution in [2.24, 2.45) is 0 Å². The first-order valence-corrected chi connectivity index (χ1v) is 9.65. The first-order chi connectivity index (χ1) is 12.3. The molecule has 1 N–H and O–H groups in total. The third kappa shape index (κ3) is 3.94. The summed E-state index contributed by atoms with van der Waals surface area (Å²) in [7, 11) is 2.13. The summed E-state index contributed by atoms with van der Waals surface area (Å²) in [5.41, 5.74) is 4.16. The van der Waals surface area contributed by atoms with E-state index in [1.165, 1.54) is 11.1 Å². The highest BCUT2D eigenvalue weighted by Crippen LogP contribution is 2.34. The van der Waals surface area contributed by atoms with Crippen molar-refractivity contribution in [2.75, 3.05) is 25.5 Å². The quantitative estimate of drug-likeness (QED) is 0.776. The number of carbonyl (C=O) groups excluding carboxylic acids is 1. The average Bonchev–Trinajstić information content (AvgIpc) is 2.55. The lowest BCUT2D eigenvalue weighted by Gasteiger charge is -2.38. The van der Waals surface area contributed by atoms with E-state index in [0.717, 1.165) is 29.0 Å². The van der Waals surface area contributed by atoms with E-state index in [2.05, 4.69) is 59.2 Å². The second kappa shape index (κ2) is 7.41. The molecule has 0 saturated heterocycles. The molecule has 0 saturated carbocycles. The summed E-state index contributed by atoms with van der Waals surface area (Å²) in [4.78, 5) is 14.9. The van der Waals surface area contributed by atoms with Gasteiger partial charge in [0, 0.05) is 29.8 Å². The Bertz CT molecular complexity index is 833. The molecule has 0 unspecified atom stereocenters. The first-order valence-electron chi connectivity index (χ1n) is 8.86. The number of hydrogen-bond acceptors (Lipinski definition) is 3. The van der Waals surface area contributed by atoms with Crippen molar-refractivity contribution in [1.29, 1.82) is 0 Å². The molecular formula is C21H25BrN2O2. The Morgan fingerprint density at radius 3 is 2.73 bits per heavy atom. The van der Waals surface area contributed by atoms with E-state index >= 15 is 0 Å². The number of carbonyl (C=O) groups is 1.